The molecule has 0 N–H and O–H groups in total. The third kappa shape index (κ3) is 4.01. The fraction of sp³-hybridized carbons (Fsp3) is 0.360. The van der Waals surface area contributed by atoms with Gasteiger partial charge in [-0.05, 0) is 30.7 Å². The van der Waals surface area contributed by atoms with Gasteiger partial charge in [0.05, 0.1) is 37.3 Å². The lowest BCUT2D eigenvalue weighted by atomic mass is 9.97. The lowest BCUT2D eigenvalue weighted by Gasteiger charge is -2.29. The molecule has 1 fully saturated rings. The molecule has 1 aromatic heterocycles. The SMILES string of the molecule is COc1ccccc1C1c2c(oc3ccc(Cl)cc3c2=O)C(=O)N1CCCN1CCOCC1. The summed E-state index contributed by atoms with van der Waals surface area (Å²) in [5.41, 5.74) is 1.21. The first kappa shape index (κ1) is 21.9. The normalized spacial score (nSPS) is 18.7. The first-order chi connectivity index (χ1) is 16.1. The van der Waals surface area contributed by atoms with E-state index >= 15 is 0 Å². The second-order valence-corrected chi connectivity index (χ2v) is 8.70. The summed E-state index contributed by atoms with van der Waals surface area (Å²) in [5, 5.41) is 0.805. The third-order valence-electron chi connectivity index (χ3n) is 6.34. The van der Waals surface area contributed by atoms with Gasteiger partial charge < -0.3 is 18.8 Å². The van der Waals surface area contributed by atoms with E-state index in [1.54, 1.807) is 30.2 Å². The Labute approximate surface area is 196 Å². The van der Waals surface area contributed by atoms with E-state index in [4.69, 9.17) is 25.5 Å². The van der Waals surface area contributed by atoms with E-state index in [-0.39, 0.29) is 17.1 Å². The van der Waals surface area contributed by atoms with Gasteiger partial charge in [-0.25, -0.2) is 0 Å². The van der Waals surface area contributed by atoms with Crippen molar-refractivity contribution in [3.8, 4) is 5.75 Å². The van der Waals surface area contributed by atoms with Gasteiger partial charge in [0.2, 0.25) is 5.76 Å². The number of hydrogen-bond donors (Lipinski definition) is 0. The number of hydrogen-bond acceptors (Lipinski definition) is 6. The topological polar surface area (TPSA) is 72.2 Å². The molecule has 3 aromatic rings. The summed E-state index contributed by atoms with van der Waals surface area (Å²) in [6.07, 6.45) is 0.769. The van der Waals surface area contributed by atoms with Gasteiger partial charge in [-0.3, -0.25) is 14.5 Å². The zero-order chi connectivity index (χ0) is 22.9. The number of amides is 1. The van der Waals surface area contributed by atoms with E-state index in [1.807, 2.05) is 24.3 Å². The van der Waals surface area contributed by atoms with E-state index in [1.165, 1.54) is 0 Å². The van der Waals surface area contributed by atoms with E-state index in [9.17, 15) is 9.59 Å². The fourth-order valence-electron chi connectivity index (χ4n) is 4.73. The molecule has 0 saturated carbocycles. The Morgan fingerprint density at radius 1 is 1.09 bits per heavy atom. The Bertz CT molecular complexity index is 1250. The van der Waals surface area contributed by atoms with Crippen molar-refractivity contribution in [3.05, 3.63) is 74.6 Å². The first-order valence-corrected chi connectivity index (χ1v) is 11.5. The largest absolute Gasteiger partial charge is 0.496 e. The van der Waals surface area contributed by atoms with Crippen LogP contribution in [0.4, 0.5) is 0 Å². The van der Waals surface area contributed by atoms with Crippen molar-refractivity contribution in [1.29, 1.82) is 0 Å². The number of halogens is 1. The molecule has 1 unspecified atom stereocenters. The van der Waals surface area contributed by atoms with E-state index in [0.717, 1.165) is 44.8 Å². The van der Waals surface area contributed by atoms with Crippen molar-refractivity contribution in [2.45, 2.75) is 12.5 Å². The molecule has 2 aliphatic rings. The summed E-state index contributed by atoms with van der Waals surface area (Å²) in [6, 6.07) is 11.8. The molecule has 0 aliphatic carbocycles. The second-order valence-electron chi connectivity index (χ2n) is 8.27. The molecule has 2 aromatic carbocycles. The molecule has 1 atom stereocenters. The van der Waals surface area contributed by atoms with Crippen LogP contribution in [0, 0.1) is 0 Å². The van der Waals surface area contributed by atoms with Crippen LogP contribution in [-0.4, -0.2) is 62.2 Å². The molecule has 5 rings (SSSR count). The van der Waals surface area contributed by atoms with Gasteiger partial charge in [0.15, 0.2) is 5.43 Å². The molecule has 0 radical (unpaired) electrons. The molecule has 8 heteroatoms. The Balaban J connectivity index is 1.57. The van der Waals surface area contributed by atoms with Crippen molar-refractivity contribution in [2.24, 2.45) is 0 Å². The minimum atomic E-state index is -0.590. The number of carbonyl (C=O) groups is 1. The maximum absolute atomic E-state index is 13.6. The van der Waals surface area contributed by atoms with Gasteiger partial charge in [0.1, 0.15) is 11.3 Å². The van der Waals surface area contributed by atoms with Crippen LogP contribution in [0.3, 0.4) is 0 Å². The number of morpholine rings is 1. The molecule has 0 spiro atoms. The highest BCUT2D eigenvalue weighted by Gasteiger charge is 2.43. The summed E-state index contributed by atoms with van der Waals surface area (Å²) < 4.78 is 17.0. The summed E-state index contributed by atoms with van der Waals surface area (Å²) in [4.78, 5) is 31.2. The standard InChI is InChI=1S/C25H25ClN2O5/c1-31-19-6-3-2-5-17(19)22-21-23(29)18-15-16(26)7-8-20(18)33-24(21)25(30)28(22)10-4-9-27-11-13-32-14-12-27/h2-3,5-8,15,22H,4,9-14H2,1H3. The lowest BCUT2D eigenvalue weighted by Crippen LogP contribution is -2.38. The first-order valence-electron chi connectivity index (χ1n) is 11.1. The van der Waals surface area contributed by atoms with Crippen LogP contribution >= 0.6 is 11.6 Å². The highest BCUT2D eigenvalue weighted by atomic mass is 35.5. The van der Waals surface area contributed by atoms with Crippen LogP contribution in [-0.2, 0) is 4.74 Å². The number of para-hydroxylation sites is 1. The quantitative estimate of drug-likeness (QED) is 0.549. The molecule has 172 valence electrons. The molecule has 33 heavy (non-hydrogen) atoms. The average Bonchev–Trinajstić information content (AvgIpc) is 3.12. The number of nitrogens with zero attached hydrogens (tertiary/aromatic N) is 2. The predicted octanol–water partition coefficient (Wildman–Crippen LogP) is 3.72. The maximum Gasteiger partial charge on any atom is 0.290 e. The Morgan fingerprint density at radius 3 is 2.67 bits per heavy atom. The summed E-state index contributed by atoms with van der Waals surface area (Å²) >= 11 is 6.15. The number of methoxy groups -OCH3 is 1. The smallest absolute Gasteiger partial charge is 0.290 e. The zero-order valence-corrected chi connectivity index (χ0v) is 19.1. The number of carbonyl (C=O) groups excluding carboxylic acids is 1. The van der Waals surface area contributed by atoms with E-state index < -0.39 is 6.04 Å². The minimum Gasteiger partial charge on any atom is -0.496 e. The van der Waals surface area contributed by atoms with Gasteiger partial charge in [-0.1, -0.05) is 29.8 Å². The number of rotatable bonds is 6. The fourth-order valence-corrected chi connectivity index (χ4v) is 4.90. The Morgan fingerprint density at radius 2 is 1.88 bits per heavy atom. The van der Waals surface area contributed by atoms with Crippen LogP contribution < -0.4 is 10.2 Å². The van der Waals surface area contributed by atoms with Crippen molar-refractivity contribution >= 4 is 28.5 Å². The van der Waals surface area contributed by atoms with Crippen LogP contribution in [0.2, 0.25) is 5.02 Å². The van der Waals surface area contributed by atoms with Crippen LogP contribution in [0.15, 0.2) is 51.7 Å². The molecule has 1 amide bonds. The van der Waals surface area contributed by atoms with Crippen molar-refractivity contribution in [3.63, 3.8) is 0 Å². The lowest BCUT2D eigenvalue weighted by molar-refractivity contribution is 0.0353. The third-order valence-corrected chi connectivity index (χ3v) is 6.57. The number of fused-ring (bicyclic) bond motifs is 2. The van der Waals surface area contributed by atoms with Gasteiger partial charge in [-0.15, -0.1) is 0 Å². The molecular formula is C25H25ClN2O5. The molecule has 2 aliphatic heterocycles. The number of benzene rings is 2. The molecular weight excluding hydrogens is 444 g/mol. The molecule has 0 bridgehead atoms. The average molecular weight is 469 g/mol. The second kappa shape index (κ2) is 9.17. The van der Waals surface area contributed by atoms with Crippen LogP contribution in [0.25, 0.3) is 11.0 Å². The highest BCUT2D eigenvalue weighted by molar-refractivity contribution is 6.31. The van der Waals surface area contributed by atoms with Crippen LogP contribution in [0.1, 0.15) is 34.1 Å². The summed E-state index contributed by atoms with van der Waals surface area (Å²) in [5.74, 6) is 0.431. The van der Waals surface area contributed by atoms with Crippen molar-refractivity contribution in [1.82, 2.24) is 9.80 Å². The molecule has 3 heterocycles. The van der Waals surface area contributed by atoms with Crippen LogP contribution in [0.5, 0.6) is 5.75 Å². The summed E-state index contributed by atoms with van der Waals surface area (Å²) in [6.45, 7) is 4.56. The van der Waals surface area contributed by atoms with Crippen molar-refractivity contribution in [2.75, 3.05) is 46.5 Å². The Kier molecular flexibility index (Phi) is 6.10. The maximum atomic E-state index is 13.6. The van der Waals surface area contributed by atoms with Gasteiger partial charge in [0.25, 0.3) is 5.91 Å². The van der Waals surface area contributed by atoms with E-state index in [0.29, 0.717) is 33.8 Å². The molecule has 1 saturated heterocycles. The minimum absolute atomic E-state index is 0.0945. The van der Waals surface area contributed by atoms with Crippen molar-refractivity contribution < 1.29 is 18.7 Å². The highest BCUT2D eigenvalue weighted by Crippen LogP contribution is 2.41. The van der Waals surface area contributed by atoms with Gasteiger partial charge in [0, 0.05) is 36.8 Å². The summed E-state index contributed by atoms with van der Waals surface area (Å²) in [7, 11) is 1.59. The van der Waals surface area contributed by atoms with Gasteiger partial charge >= 0.3 is 0 Å². The van der Waals surface area contributed by atoms with Gasteiger partial charge in [-0.2, -0.15) is 0 Å². The Hall–Kier alpha value is -2.87. The predicted molar refractivity (Wildman–Crippen MR) is 125 cm³/mol. The number of ether oxygens (including phenoxy) is 2. The zero-order valence-electron chi connectivity index (χ0n) is 18.4. The molecule has 7 nitrogen and oxygen atoms in total. The monoisotopic (exact) mass is 468 g/mol. The van der Waals surface area contributed by atoms with E-state index in [2.05, 4.69) is 4.90 Å².